The number of amides is 1. The molecule has 0 bridgehead atoms. The Morgan fingerprint density at radius 3 is 2.43 bits per heavy atom. The summed E-state index contributed by atoms with van der Waals surface area (Å²) in [6.07, 6.45) is 0.0623. The largest absolute Gasteiger partial charge is 0.416 e. The molecule has 1 aromatic heterocycles. The zero-order chi connectivity index (χ0) is 26.2. The Labute approximate surface area is 203 Å². The van der Waals surface area contributed by atoms with Crippen LogP contribution in [0.5, 0.6) is 0 Å². The zero-order valence-electron chi connectivity index (χ0n) is 21.1. The molecule has 2 heterocycles. The quantitative estimate of drug-likeness (QED) is 0.648. The highest BCUT2D eigenvalue weighted by atomic mass is 19.4. The lowest BCUT2D eigenvalue weighted by atomic mass is 9.92. The molecule has 0 spiro atoms. The maximum atomic E-state index is 13.4. The lowest BCUT2D eigenvalue weighted by Gasteiger charge is -2.21. The lowest BCUT2D eigenvalue weighted by molar-refractivity contribution is -0.137. The highest BCUT2D eigenvalue weighted by Crippen LogP contribution is 2.31. The van der Waals surface area contributed by atoms with E-state index in [1.54, 1.807) is 6.07 Å². The first kappa shape index (κ1) is 26.9. The molecule has 1 aliphatic rings. The van der Waals surface area contributed by atoms with Gasteiger partial charge in [-0.2, -0.15) is 18.2 Å². The van der Waals surface area contributed by atoms with Crippen LogP contribution in [0, 0.1) is 0 Å². The third-order valence-electron chi connectivity index (χ3n) is 5.91. The highest BCUT2D eigenvalue weighted by Gasteiger charge is 2.32. The van der Waals surface area contributed by atoms with E-state index in [1.807, 2.05) is 37.2 Å². The number of benzene rings is 1. The Morgan fingerprint density at radius 2 is 1.89 bits per heavy atom. The SMILES string of the molecule is Cn1c(C(C)(C)C)cc(=NC(=O)c2cc(C(F)(F)F)ccc2/C=C/C(C)(C)O)n1C[C@H]1CCCO1. The first-order valence-corrected chi connectivity index (χ1v) is 11.7. The molecule has 35 heavy (non-hydrogen) atoms. The molecular formula is C26H34F3N3O3. The number of ether oxygens (including phenoxy) is 1. The van der Waals surface area contributed by atoms with Crippen LogP contribution < -0.4 is 5.49 Å². The predicted octanol–water partition coefficient (Wildman–Crippen LogP) is 4.85. The van der Waals surface area contributed by atoms with Gasteiger partial charge >= 0.3 is 6.18 Å². The second-order valence-corrected chi connectivity index (χ2v) is 10.6. The summed E-state index contributed by atoms with van der Waals surface area (Å²) in [5.74, 6) is -0.793. The van der Waals surface area contributed by atoms with Crippen molar-refractivity contribution in [2.75, 3.05) is 6.61 Å². The Bertz CT molecular complexity index is 1170. The number of aliphatic hydroxyl groups is 1. The first-order valence-electron chi connectivity index (χ1n) is 11.7. The fourth-order valence-electron chi connectivity index (χ4n) is 4.08. The van der Waals surface area contributed by atoms with Crippen LogP contribution in [0.1, 0.15) is 74.6 Å². The number of halogens is 3. The summed E-state index contributed by atoms with van der Waals surface area (Å²) < 4.78 is 49.8. The minimum atomic E-state index is -4.61. The Morgan fingerprint density at radius 1 is 1.20 bits per heavy atom. The second kappa shape index (κ2) is 9.78. The van der Waals surface area contributed by atoms with Gasteiger partial charge in [0.1, 0.15) is 0 Å². The van der Waals surface area contributed by atoms with Crippen molar-refractivity contribution in [3.05, 3.63) is 58.2 Å². The maximum absolute atomic E-state index is 13.4. The summed E-state index contributed by atoms with van der Waals surface area (Å²) in [4.78, 5) is 17.6. The second-order valence-electron chi connectivity index (χ2n) is 10.6. The third-order valence-corrected chi connectivity index (χ3v) is 5.91. The van der Waals surface area contributed by atoms with Gasteiger partial charge in [0.25, 0.3) is 5.91 Å². The third kappa shape index (κ3) is 6.73. The van der Waals surface area contributed by atoms with E-state index in [4.69, 9.17) is 4.74 Å². The molecule has 1 atom stereocenters. The molecule has 2 aromatic rings. The van der Waals surface area contributed by atoms with Crippen LogP contribution >= 0.6 is 0 Å². The lowest BCUT2D eigenvalue weighted by Crippen LogP contribution is -2.30. The molecule has 0 unspecified atom stereocenters. The van der Waals surface area contributed by atoms with Crippen molar-refractivity contribution in [1.29, 1.82) is 0 Å². The van der Waals surface area contributed by atoms with E-state index < -0.39 is 23.2 Å². The summed E-state index contributed by atoms with van der Waals surface area (Å²) >= 11 is 0. The number of aromatic nitrogens is 2. The van der Waals surface area contributed by atoms with Crippen molar-refractivity contribution in [3.63, 3.8) is 0 Å². The average Bonchev–Trinajstić information content (AvgIpc) is 3.34. The van der Waals surface area contributed by atoms with Crippen molar-refractivity contribution in [3.8, 4) is 0 Å². The van der Waals surface area contributed by atoms with Gasteiger partial charge in [0, 0.05) is 36.4 Å². The number of nitrogens with zero attached hydrogens (tertiary/aromatic N) is 3. The van der Waals surface area contributed by atoms with Crippen LogP contribution in [-0.4, -0.2) is 38.7 Å². The van der Waals surface area contributed by atoms with Crippen LogP contribution in [-0.2, 0) is 29.9 Å². The summed E-state index contributed by atoms with van der Waals surface area (Å²) in [6.45, 7) is 10.3. The minimum absolute atomic E-state index is 0.0238. The molecule has 9 heteroatoms. The number of hydrogen-bond donors (Lipinski definition) is 1. The Balaban J connectivity index is 2.15. The number of carbonyl (C=O) groups is 1. The Hall–Kier alpha value is -2.65. The first-order chi connectivity index (χ1) is 16.1. The van der Waals surface area contributed by atoms with Gasteiger partial charge < -0.3 is 9.84 Å². The van der Waals surface area contributed by atoms with E-state index in [1.165, 1.54) is 32.1 Å². The van der Waals surface area contributed by atoms with E-state index in [9.17, 15) is 23.1 Å². The molecule has 192 valence electrons. The van der Waals surface area contributed by atoms with Crippen molar-refractivity contribution < 1.29 is 27.8 Å². The van der Waals surface area contributed by atoms with Crippen LogP contribution in [0.4, 0.5) is 13.2 Å². The summed E-state index contributed by atoms with van der Waals surface area (Å²) in [6, 6.07) is 4.75. The van der Waals surface area contributed by atoms with Gasteiger partial charge in [0.05, 0.1) is 23.8 Å². The number of carbonyl (C=O) groups excluding carboxylic acids is 1. The molecule has 0 radical (unpaired) electrons. The van der Waals surface area contributed by atoms with Crippen LogP contribution in [0.15, 0.2) is 35.3 Å². The molecule has 0 saturated carbocycles. The molecule has 1 fully saturated rings. The molecule has 6 nitrogen and oxygen atoms in total. The summed E-state index contributed by atoms with van der Waals surface area (Å²) in [5, 5.41) is 10.0. The van der Waals surface area contributed by atoms with E-state index in [0.29, 0.717) is 18.6 Å². The maximum Gasteiger partial charge on any atom is 0.416 e. The molecule has 1 N–H and O–H groups in total. The van der Waals surface area contributed by atoms with Gasteiger partial charge in [0.15, 0.2) is 5.49 Å². The molecule has 1 saturated heterocycles. The van der Waals surface area contributed by atoms with Crippen molar-refractivity contribution >= 4 is 12.0 Å². The van der Waals surface area contributed by atoms with Gasteiger partial charge in [-0.1, -0.05) is 39.0 Å². The molecule has 1 amide bonds. The highest BCUT2D eigenvalue weighted by molar-refractivity contribution is 5.98. The zero-order valence-corrected chi connectivity index (χ0v) is 21.1. The smallest absolute Gasteiger partial charge is 0.386 e. The van der Waals surface area contributed by atoms with E-state index in [2.05, 4.69) is 4.99 Å². The summed E-state index contributed by atoms with van der Waals surface area (Å²) in [5.41, 5.74) is -1.06. The number of hydrogen-bond acceptors (Lipinski definition) is 3. The van der Waals surface area contributed by atoms with E-state index in [0.717, 1.165) is 30.7 Å². The molecule has 1 aliphatic heterocycles. The van der Waals surface area contributed by atoms with Gasteiger partial charge in [-0.3, -0.25) is 14.2 Å². The van der Waals surface area contributed by atoms with Gasteiger partial charge in [0.2, 0.25) is 0 Å². The van der Waals surface area contributed by atoms with Crippen molar-refractivity contribution in [2.45, 2.75) is 77.3 Å². The van der Waals surface area contributed by atoms with Crippen LogP contribution in [0.3, 0.4) is 0 Å². The molecule has 3 rings (SSSR count). The number of alkyl halides is 3. The summed E-state index contributed by atoms with van der Waals surface area (Å²) in [7, 11) is 1.88. The Kier molecular flexibility index (Phi) is 7.53. The van der Waals surface area contributed by atoms with Crippen LogP contribution in [0.2, 0.25) is 0 Å². The minimum Gasteiger partial charge on any atom is -0.386 e. The fraction of sp³-hybridized carbons (Fsp3) is 0.538. The predicted molar refractivity (Wildman–Crippen MR) is 128 cm³/mol. The molecular weight excluding hydrogens is 459 g/mol. The molecule has 0 aliphatic carbocycles. The van der Waals surface area contributed by atoms with Gasteiger partial charge in [-0.05, 0) is 44.4 Å². The standard InChI is InChI=1S/C26H34F3N3O3/c1-24(2,3)21-15-22(32(31(21)6)16-19-8-7-13-35-19)30-23(33)20-14-18(26(27,28)29)10-9-17(20)11-12-25(4,5)34/h9-12,14-15,19,34H,7-8,13,16H2,1-6H3/b12-11+,30-22?/t19-/m1/s1. The normalized spacial score (nSPS) is 18.1. The average molecular weight is 494 g/mol. The topological polar surface area (TPSA) is 68.8 Å². The van der Waals surface area contributed by atoms with Gasteiger partial charge in [-0.25, -0.2) is 0 Å². The van der Waals surface area contributed by atoms with E-state index >= 15 is 0 Å². The van der Waals surface area contributed by atoms with Gasteiger partial charge in [-0.15, -0.1) is 0 Å². The van der Waals surface area contributed by atoms with Crippen molar-refractivity contribution in [2.24, 2.45) is 12.0 Å². The van der Waals surface area contributed by atoms with Crippen LogP contribution in [0.25, 0.3) is 6.08 Å². The van der Waals surface area contributed by atoms with E-state index in [-0.39, 0.29) is 22.6 Å². The fourth-order valence-corrected chi connectivity index (χ4v) is 4.08. The van der Waals surface area contributed by atoms with Crippen molar-refractivity contribution in [1.82, 2.24) is 9.36 Å². The molecule has 1 aromatic carbocycles. The number of rotatable bonds is 5. The monoisotopic (exact) mass is 493 g/mol.